The number of pyridine rings is 2. The summed E-state index contributed by atoms with van der Waals surface area (Å²) in [6.07, 6.45) is 6.67. The molecular weight excluding hydrogens is 462 g/mol. The number of aromatic nitrogens is 3. The summed E-state index contributed by atoms with van der Waals surface area (Å²) in [6, 6.07) is 15.9. The molecule has 0 spiro atoms. The first kappa shape index (κ1) is 19.3. The zero-order valence-electron chi connectivity index (χ0n) is 16.1. The average molecular weight is 482 g/mol. The molecule has 2 atom stereocenters. The number of nitrogens with one attached hydrogen (secondary N) is 2. The van der Waals surface area contributed by atoms with Gasteiger partial charge in [0.2, 0.25) is 0 Å². The minimum atomic E-state index is -0.0630. The summed E-state index contributed by atoms with van der Waals surface area (Å²) in [6.45, 7) is 0. The normalized spacial score (nSPS) is 18.6. The molecule has 2 N–H and O–H groups in total. The molecule has 1 aromatic carbocycles. The van der Waals surface area contributed by atoms with Crippen molar-refractivity contribution in [1.82, 2.24) is 14.5 Å². The first-order valence-corrected chi connectivity index (χ1v) is 11.5. The third-order valence-corrected chi connectivity index (χ3v) is 6.75. The van der Waals surface area contributed by atoms with Crippen LogP contribution >= 0.6 is 27.3 Å². The van der Waals surface area contributed by atoms with Crippen LogP contribution in [0.15, 0.2) is 70.2 Å². The van der Waals surface area contributed by atoms with E-state index >= 15 is 0 Å². The van der Waals surface area contributed by atoms with Crippen molar-refractivity contribution in [1.29, 1.82) is 0 Å². The highest BCUT2D eigenvalue weighted by molar-refractivity contribution is 9.10. The minimum absolute atomic E-state index is 0.0630. The molecular formula is C22H20BrN5OS. The lowest BCUT2D eigenvalue weighted by atomic mass is 10.2. The molecule has 4 aromatic rings. The molecule has 152 valence electrons. The number of benzene rings is 1. The van der Waals surface area contributed by atoms with E-state index in [0.29, 0.717) is 12.1 Å². The van der Waals surface area contributed by atoms with Gasteiger partial charge in [0.05, 0.1) is 22.1 Å². The van der Waals surface area contributed by atoms with E-state index in [2.05, 4.69) is 37.6 Å². The maximum atomic E-state index is 11.9. The molecule has 1 fully saturated rings. The number of thiazole rings is 1. The van der Waals surface area contributed by atoms with Gasteiger partial charge in [0.15, 0.2) is 5.13 Å². The Bertz CT molecular complexity index is 1240. The van der Waals surface area contributed by atoms with E-state index in [0.717, 1.165) is 45.9 Å². The Morgan fingerprint density at radius 1 is 1.07 bits per heavy atom. The molecule has 0 saturated heterocycles. The predicted octanol–water partition coefficient (Wildman–Crippen LogP) is 5.05. The SMILES string of the molecule is O=c1ccccn1-c1ccc(N[C@H]2CC[C@H](Nc3nc4ccc(Br)cc4s3)C2)nc1. The summed E-state index contributed by atoms with van der Waals surface area (Å²) < 4.78 is 3.84. The fourth-order valence-corrected chi connectivity index (χ4v) is 5.34. The lowest BCUT2D eigenvalue weighted by Gasteiger charge is -2.15. The highest BCUT2D eigenvalue weighted by Gasteiger charge is 2.25. The summed E-state index contributed by atoms with van der Waals surface area (Å²) in [5, 5.41) is 8.09. The Kier molecular flexibility index (Phi) is 5.26. The molecule has 1 saturated carbocycles. The van der Waals surface area contributed by atoms with Crippen LogP contribution in [0.3, 0.4) is 0 Å². The number of hydrogen-bond donors (Lipinski definition) is 2. The van der Waals surface area contributed by atoms with Crippen molar-refractivity contribution in [2.24, 2.45) is 0 Å². The van der Waals surface area contributed by atoms with Crippen molar-refractivity contribution in [2.75, 3.05) is 10.6 Å². The number of rotatable bonds is 5. The number of fused-ring (bicyclic) bond motifs is 1. The van der Waals surface area contributed by atoms with Crippen molar-refractivity contribution in [3.63, 3.8) is 0 Å². The lowest BCUT2D eigenvalue weighted by Crippen LogP contribution is -2.21. The van der Waals surface area contributed by atoms with Crippen LogP contribution < -0.4 is 16.2 Å². The van der Waals surface area contributed by atoms with Gasteiger partial charge in [0, 0.05) is 28.8 Å². The fourth-order valence-electron chi connectivity index (χ4n) is 3.84. The van der Waals surface area contributed by atoms with Crippen LogP contribution in [0.25, 0.3) is 15.9 Å². The molecule has 30 heavy (non-hydrogen) atoms. The van der Waals surface area contributed by atoms with Crippen molar-refractivity contribution in [3.05, 3.63) is 75.8 Å². The molecule has 0 radical (unpaired) electrons. The number of anilines is 2. The molecule has 5 rings (SSSR count). The van der Waals surface area contributed by atoms with E-state index in [-0.39, 0.29) is 5.56 Å². The quantitative estimate of drug-likeness (QED) is 0.417. The van der Waals surface area contributed by atoms with Gasteiger partial charge in [0.1, 0.15) is 5.82 Å². The van der Waals surface area contributed by atoms with E-state index in [4.69, 9.17) is 4.98 Å². The molecule has 0 bridgehead atoms. The monoisotopic (exact) mass is 481 g/mol. The van der Waals surface area contributed by atoms with Crippen LogP contribution in [0.1, 0.15) is 19.3 Å². The molecule has 6 nitrogen and oxygen atoms in total. The number of hydrogen-bond acceptors (Lipinski definition) is 6. The maximum Gasteiger partial charge on any atom is 0.255 e. The van der Waals surface area contributed by atoms with Crippen molar-refractivity contribution in [2.45, 2.75) is 31.3 Å². The summed E-state index contributed by atoms with van der Waals surface area (Å²) in [5.41, 5.74) is 1.73. The van der Waals surface area contributed by atoms with Gasteiger partial charge < -0.3 is 10.6 Å². The van der Waals surface area contributed by atoms with Crippen LogP contribution in [-0.4, -0.2) is 26.6 Å². The Hall–Kier alpha value is -2.71. The third kappa shape index (κ3) is 4.11. The lowest BCUT2D eigenvalue weighted by molar-refractivity contribution is 0.722. The van der Waals surface area contributed by atoms with E-state index in [9.17, 15) is 4.79 Å². The van der Waals surface area contributed by atoms with Crippen LogP contribution in [-0.2, 0) is 0 Å². The summed E-state index contributed by atoms with van der Waals surface area (Å²) in [5.74, 6) is 0.832. The largest absolute Gasteiger partial charge is 0.367 e. The molecule has 0 unspecified atom stereocenters. The maximum absolute atomic E-state index is 11.9. The van der Waals surface area contributed by atoms with E-state index in [1.54, 1.807) is 40.4 Å². The molecule has 1 aliphatic rings. The first-order chi connectivity index (χ1) is 14.6. The second kappa shape index (κ2) is 8.20. The van der Waals surface area contributed by atoms with Crippen LogP contribution in [0.5, 0.6) is 0 Å². The van der Waals surface area contributed by atoms with Gasteiger partial charge in [-0.05, 0) is 55.7 Å². The highest BCUT2D eigenvalue weighted by Crippen LogP contribution is 2.31. The van der Waals surface area contributed by atoms with Gasteiger partial charge >= 0.3 is 0 Å². The van der Waals surface area contributed by atoms with Gasteiger partial charge in [0.25, 0.3) is 5.56 Å². The highest BCUT2D eigenvalue weighted by atomic mass is 79.9. The standard InChI is InChI=1S/C22H20BrN5OS/c23-14-4-8-18-19(11-14)30-22(27-18)26-16-6-5-15(12-16)25-20-9-7-17(13-24-20)28-10-2-1-3-21(28)29/h1-4,7-11,13,15-16H,5-6,12H2,(H,24,25)(H,26,27)/t15-,16-/m0/s1. The second-order valence-corrected chi connectivity index (χ2v) is 9.38. The van der Waals surface area contributed by atoms with Gasteiger partial charge in [-0.15, -0.1) is 0 Å². The molecule has 3 aromatic heterocycles. The zero-order valence-corrected chi connectivity index (χ0v) is 18.5. The molecule has 0 amide bonds. The number of nitrogens with zero attached hydrogens (tertiary/aromatic N) is 3. The van der Waals surface area contributed by atoms with Gasteiger partial charge in [-0.1, -0.05) is 33.3 Å². The molecule has 0 aliphatic heterocycles. The van der Waals surface area contributed by atoms with Gasteiger partial charge in [-0.3, -0.25) is 9.36 Å². The second-order valence-electron chi connectivity index (χ2n) is 7.44. The first-order valence-electron chi connectivity index (χ1n) is 9.87. The topological polar surface area (TPSA) is 71.8 Å². The van der Waals surface area contributed by atoms with E-state index in [1.165, 1.54) is 4.70 Å². The van der Waals surface area contributed by atoms with E-state index < -0.39 is 0 Å². The molecule has 8 heteroatoms. The summed E-state index contributed by atoms with van der Waals surface area (Å²) >= 11 is 5.21. The smallest absolute Gasteiger partial charge is 0.255 e. The minimum Gasteiger partial charge on any atom is -0.367 e. The molecule has 1 aliphatic carbocycles. The van der Waals surface area contributed by atoms with Crippen LogP contribution in [0.2, 0.25) is 0 Å². The summed E-state index contributed by atoms with van der Waals surface area (Å²) in [4.78, 5) is 21.1. The van der Waals surface area contributed by atoms with Gasteiger partial charge in [-0.25, -0.2) is 9.97 Å². The Labute approximate surface area is 186 Å². The van der Waals surface area contributed by atoms with Crippen molar-refractivity contribution in [3.8, 4) is 5.69 Å². The third-order valence-electron chi connectivity index (χ3n) is 5.31. The average Bonchev–Trinajstić information content (AvgIpc) is 3.35. The zero-order chi connectivity index (χ0) is 20.5. The predicted molar refractivity (Wildman–Crippen MR) is 126 cm³/mol. The molecule has 3 heterocycles. The summed E-state index contributed by atoms with van der Waals surface area (Å²) in [7, 11) is 0. The number of halogens is 1. The van der Waals surface area contributed by atoms with Crippen LogP contribution in [0.4, 0.5) is 10.9 Å². The Balaban J connectivity index is 1.21. The van der Waals surface area contributed by atoms with Crippen molar-refractivity contribution >= 4 is 48.4 Å². The van der Waals surface area contributed by atoms with Crippen LogP contribution in [0, 0.1) is 0 Å². The van der Waals surface area contributed by atoms with Crippen molar-refractivity contribution < 1.29 is 0 Å². The Morgan fingerprint density at radius 2 is 1.93 bits per heavy atom. The van der Waals surface area contributed by atoms with Gasteiger partial charge in [-0.2, -0.15) is 0 Å². The fraction of sp³-hybridized carbons (Fsp3) is 0.227. The Morgan fingerprint density at radius 3 is 2.73 bits per heavy atom. The van der Waals surface area contributed by atoms with E-state index in [1.807, 2.05) is 30.3 Å².